The van der Waals surface area contributed by atoms with Crippen LogP contribution >= 0.6 is 15.9 Å². The number of rotatable bonds is 10. The molecule has 4 atom stereocenters. The normalized spacial score (nSPS) is 26.2. The van der Waals surface area contributed by atoms with Gasteiger partial charge in [0.05, 0.1) is 29.7 Å². The molecule has 1 fully saturated rings. The summed E-state index contributed by atoms with van der Waals surface area (Å²) >= 11 is 3.19. The van der Waals surface area contributed by atoms with Crippen LogP contribution in [0.2, 0.25) is 0 Å². The SMILES string of the molecule is C[C@@H](C(=O)N1C(=O)OC[C@H]1Cc1ccccc1)[C@H]1O[C@@](O)(CCCOCCO)C(Br)=CC1=O. The molecule has 9 nitrogen and oxygen atoms in total. The average molecular weight is 526 g/mol. The van der Waals surface area contributed by atoms with Gasteiger partial charge in [0.25, 0.3) is 0 Å². The summed E-state index contributed by atoms with van der Waals surface area (Å²) in [6.07, 6.45) is 0.0874. The highest BCUT2D eigenvalue weighted by Gasteiger charge is 2.48. The van der Waals surface area contributed by atoms with Gasteiger partial charge >= 0.3 is 6.09 Å². The predicted molar refractivity (Wildman–Crippen MR) is 120 cm³/mol. The lowest BCUT2D eigenvalue weighted by Crippen LogP contribution is -2.52. The van der Waals surface area contributed by atoms with Crippen molar-refractivity contribution in [2.45, 2.75) is 44.1 Å². The number of benzene rings is 1. The Morgan fingerprint density at radius 1 is 1.30 bits per heavy atom. The Morgan fingerprint density at radius 2 is 2.03 bits per heavy atom. The molecule has 0 bridgehead atoms. The van der Waals surface area contributed by atoms with E-state index in [0.29, 0.717) is 12.8 Å². The summed E-state index contributed by atoms with van der Waals surface area (Å²) in [6.45, 7) is 1.91. The van der Waals surface area contributed by atoms with E-state index in [2.05, 4.69) is 15.9 Å². The highest BCUT2D eigenvalue weighted by molar-refractivity contribution is 9.11. The van der Waals surface area contributed by atoms with Crippen LogP contribution in [0, 0.1) is 5.92 Å². The molecule has 3 rings (SSSR count). The minimum absolute atomic E-state index is 0.0644. The summed E-state index contributed by atoms with van der Waals surface area (Å²) in [7, 11) is 0. The van der Waals surface area contributed by atoms with Crippen LogP contribution in [-0.4, -0.2) is 77.3 Å². The Bertz CT molecular complexity index is 892. The van der Waals surface area contributed by atoms with E-state index in [1.807, 2.05) is 30.3 Å². The second kappa shape index (κ2) is 11.3. The van der Waals surface area contributed by atoms with E-state index < -0.39 is 41.6 Å². The highest BCUT2D eigenvalue weighted by Crippen LogP contribution is 2.36. The molecule has 2 heterocycles. The van der Waals surface area contributed by atoms with Gasteiger partial charge < -0.3 is 24.4 Å². The average Bonchev–Trinajstić information content (AvgIpc) is 3.16. The van der Waals surface area contributed by atoms with Crippen LogP contribution in [0.25, 0.3) is 0 Å². The third-order valence-corrected chi connectivity index (χ3v) is 6.49. The molecular formula is C23H28BrNO8. The first-order valence-corrected chi connectivity index (χ1v) is 11.6. The third kappa shape index (κ3) is 6.07. The van der Waals surface area contributed by atoms with E-state index in [-0.39, 0.29) is 37.3 Å². The van der Waals surface area contributed by atoms with Gasteiger partial charge in [-0.3, -0.25) is 9.59 Å². The van der Waals surface area contributed by atoms with E-state index in [1.165, 1.54) is 13.0 Å². The maximum atomic E-state index is 13.3. The minimum atomic E-state index is -1.81. The fourth-order valence-electron chi connectivity index (χ4n) is 3.87. The number of aliphatic hydroxyl groups is 2. The summed E-state index contributed by atoms with van der Waals surface area (Å²) in [5, 5.41) is 19.7. The zero-order valence-electron chi connectivity index (χ0n) is 18.3. The second-order valence-corrected chi connectivity index (χ2v) is 8.93. The topological polar surface area (TPSA) is 123 Å². The van der Waals surface area contributed by atoms with E-state index in [1.54, 1.807) is 0 Å². The first kappa shape index (κ1) is 25.5. The summed E-state index contributed by atoms with van der Waals surface area (Å²) in [4.78, 5) is 39.3. The number of hydrogen-bond acceptors (Lipinski definition) is 8. The molecule has 0 radical (unpaired) electrons. The maximum absolute atomic E-state index is 13.3. The van der Waals surface area contributed by atoms with Crippen molar-refractivity contribution in [3.05, 3.63) is 46.5 Å². The Labute approximate surface area is 200 Å². The van der Waals surface area contributed by atoms with Crippen molar-refractivity contribution in [1.82, 2.24) is 4.90 Å². The second-order valence-electron chi connectivity index (χ2n) is 8.07. The van der Waals surface area contributed by atoms with Crippen molar-refractivity contribution in [2.24, 2.45) is 5.92 Å². The van der Waals surface area contributed by atoms with Gasteiger partial charge in [0.2, 0.25) is 5.91 Å². The van der Waals surface area contributed by atoms with Gasteiger partial charge in [-0.25, -0.2) is 9.69 Å². The number of ether oxygens (including phenoxy) is 3. The van der Waals surface area contributed by atoms with Crippen molar-refractivity contribution in [3.8, 4) is 0 Å². The molecule has 10 heteroatoms. The van der Waals surface area contributed by atoms with Crippen molar-refractivity contribution >= 4 is 33.7 Å². The van der Waals surface area contributed by atoms with E-state index in [4.69, 9.17) is 19.3 Å². The predicted octanol–water partition coefficient (Wildman–Crippen LogP) is 1.94. The number of halogens is 1. The van der Waals surface area contributed by atoms with Crippen LogP contribution in [0.5, 0.6) is 0 Å². The molecule has 0 unspecified atom stereocenters. The summed E-state index contributed by atoms with van der Waals surface area (Å²) in [5.74, 6) is -3.94. The fraction of sp³-hybridized carbons (Fsp3) is 0.522. The Hall–Kier alpha value is -2.11. The molecule has 0 saturated carbocycles. The molecule has 1 saturated heterocycles. The first-order chi connectivity index (χ1) is 15.8. The third-order valence-electron chi connectivity index (χ3n) is 5.64. The summed E-state index contributed by atoms with van der Waals surface area (Å²) < 4.78 is 16.2. The number of carbonyl (C=O) groups is 3. The van der Waals surface area contributed by atoms with E-state index >= 15 is 0 Å². The van der Waals surface area contributed by atoms with Gasteiger partial charge in [0, 0.05) is 13.0 Å². The zero-order valence-corrected chi connectivity index (χ0v) is 19.9. The van der Waals surface area contributed by atoms with Crippen molar-refractivity contribution in [2.75, 3.05) is 26.4 Å². The first-order valence-electron chi connectivity index (χ1n) is 10.8. The highest BCUT2D eigenvalue weighted by atomic mass is 79.9. The molecule has 1 aromatic carbocycles. The number of aliphatic hydroxyl groups excluding tert-OH is 1. The molecule has 180 valence electrons. The van der Waals surface area contributed by atoms with Crippen LogP contribution in [-0.2, 0) is 30.2 Å². The van der Waals surface area contributed by atoms with Gasteiger partial charge in [-0.2, -0.15) is 0 Å². The maximum Gasteiger partial charge on any atom is 0.416 e. The van der Waals surface area contributed by atoms with Crippen LogP contribution in [0.1, 0.15) is 25.3 Å². The van der Waals surface area contributed by atoms with Gasteiger partial charge in [0.15, 0.2) is 11.6 Å². The largest absolute Gasteiger partial charge is 0.447 e. The van der Waals surface area contributed by atoms with Gasteiger partial charge in [0.1, 0.15) is 12.7 Å². The van der Waals surface area contributed by atoms with Gasteiger partial charge in [-0.15, -0.1) is 0 Å². The van der Waals surface area contributed by atoms with Crippen LogP contribution in [0.4, 0.5) is 4.79 Å². The molecular weight excluding hydrogens is 498 g/mol. The number of ketones is 1. The van der Waals surface area contributed by atoms with Crippen LogP contribution in [0.15, 0.2) is 40.9 Å². The molecule has 2 amide bonds. The standard InChI is InChI=1S/C23H28BrNO8/c1-15(20-18(27)13-19(24)23(30,33-20)8-5-10-31-11-9-26)21(28)25-17(14-32-22(25)29)12-16-6-3-2-4-7-16/h2-4,6-7,13,15,17,20,26,30H,5,8-12,14H2,1H3/t15-,17-,20-,23+/m1/s1. The molecule has 0 spiro atoms. The van der Waals surface area contributed by atoms with Crippen molar-refractivity contribution in [1.29, 1.82) is 0 Å². The number of nitrogens with zero attached hydrogens (tertiary/aromatic N) is 1. The Balaban J connectivity index is 1.70. The molecule has 0 aliphatic carbocycles. The quantitative estimate of drug-likeness (QED) is 0.444. The number of hydrogen-bond donors (Lipinski definition) is 2. The lowest BCUT2D eigenvalue weighted by molar-refractivity contribution is -0.217. The molecule has 0 aromatic heterocycles. The van der Waals surface area contributed by atoms with Gasteiger partial charge in [-0.05, 0) is 40.4 Å². The van der Waals surface area contributed by atoms with Crippen molar-refractivity contribution in [3.63, 3.8) is 0 Å². The van der Waals surface area contributed by atoms with Crippen molar-refractivity contribution < 1.29 is 38.8 Å². The van der Waals surface area contributed by atoms with E-state index in [9.17, 15) is 19.5 Å². The minimum Gasteiger partial charge on any atom is -0.447 e. The number of imide groups is 1. The summed E-state index contributed by atoms with van der Waals surface area (Å²) in [5.41, 5.74) is 0.945. The van der Waals surface area contributed by atoms with Crippen LogP contribution < -0.4 is 0 Å². The monoisotopic (exact) mass is 525 g/mol. The number of cyclic esters (lactones) is 1. The number of carbonyl (C=O) groups excluding carboxylic acids is 3. The lowest BCUT2D eigenvalue weighted by Gasteiger charge is -2.37. The molecule has 2 aliphatic rings. The smallest absolute Gasteiger partial charge is 0.416 e. The molecule has 1 aromatic rings. The molecule has 2 aliphatic heterocycles. The Kier molecular flexibility index (Phi) is 8.77. The van der Waals surface area contributed by atoms with Gasteiger partial charge in [-0.1, -0.05) is 37.3 Å². The zero-order chi connectivity index (χ0) is 24.0. The lowest BCUT2D eigenvalue weighted by atomic mass is 9.93. The molecule has 33 heavy (non-hydrogen) atoms. The Morgan fingerprint density at radius 3 is 2.73 bits per heavy atom. The molecule has 2 N–H and O–H groups in total. The summed E-state index contributed by atoms with van der Waals surface area (Å²) in [6, 6.07) is 8.91. The number of amides is 2. The van der Waals surface area contributed by atoms with Crippen LogP contribution in [0.3, 0.4) is 0 Å². The fourth-order valence-corrected chi connectivity index (χ4v) is 4.38. The van der Waals surface area contributed by atoms with E-state index in [0.717, 1.165) is 10.5 Å².